The molecule has 0 saturated heterocycles. The average Bonchev–Trinajstić information content (AvgIpc) is 2.64. The highest BCUT2D eigenvalue weighted by Gasteiger charge is 2.13. The van der Waals surface area contributed by atoms with E-state index in [-0.39, 0.29) is 16.7 Å². The van der Waals surface area contributed by atoms with E-state index in [0.717, 1.165) is 0 Å². The minimum absolute atomic E-state index is 0.0277. The van der Waals surface area contributed by atoms with Gasteiger partial charge in [0.2, 0.25) is 0 Å². The van der Waals surface area contributed by atoms with Crippen LogP contribution < -0.4 is 0 Å². The number of benzene rings is 2. The van der Waals surface area contributed by atoms with Crippen molar-refractivity contribution in [3.8, 4) is 0 Å². The Morgan fingerprint density at radius 3 is 1.31 bits per heavy atom. The molecule has 0 heterocycles. The number of rotatable bonds is 6. The predicted octanol–water partition coefficient (Wildman–Crippen LogP) is 6.05. The lowest BCUT2D eigenvalue weighted by molar-refractivity contribution is 0.0696. The van der Waals surface area contributed by atoms with Crippen LogP contribution >= 0.6 is 0 Å². The molecule has 2 aromatic rings. The topological polar surface area (TPSA) is 74.6 Å². The van der Waals surface area contributed by atoms with Crippen molar-refractivity contribution >= 4 is 11.9 Å². The van der Waals surface area contributed by atoms with Gasteiger partial charge >= 0.3 is 11.9 Å². The van der Waals surface area contributed by atoms with E-state index in [4.69, 9.17) is 10.2 Å². The summed E-state index contributed by atoms with van der Waals surface area (Å²) in [6, 6.07) is 16.2. The fraction of sp³-hybridized carbons (Fsp3) is 0.364. The molecule has 2 rings (SSSR count). The quantitative estimate of drug-likeness (QED) is 0.616. The second-order valence-corrected chi connectivity index (χ2v) is 5.80. The summed E-state index contributed by atoms with van der Waals surface area (Å²) in [5, 5.41) is 17.4. The van der Waals surface area contributed by atoms with Gasteiger partial charge in [0.15, 0.2) is 0 Å². The standard InChI is InChI=1S/C9H8O4.C7H16.C6H6/c1-5-6(8(10)11)3-2-4-7(5)9(12)13;1-3-5-7-6-4-2;1-2-4-6-5-3-1/h2-4H,1H3,(H,10,11)(H,12,13);3-7H2,1-2H3;1-6H. The molecule has 0 atom stereocenters. The van der Waals surface area contributed by atoms with Crippen LogP contribution in [0.4, 0.5) is 0 Å². The summed E-state index contributed by atoms with van der Waals surface area (Å²) in [7, 11) is 0. The van der Waals surface area contributed by atoms with Crippen LogP contribution in [0.15, 0.2) is 54.6 Å². The van der Waals surface area contributed by atoms with Crippen LogP contribution in [0.5, 0.6) is 0 Å². The molecule has 2 N–H and O–H groups in total. The van der Waals surface area contributed by atoms with Gasteiger partial charge < -0.3 is 10.2 Å². The maximum absolute atomic E-state index is 10.6. The lowest BCUT2D eigenvalue weighted by atomic mass is 10.0. The Morgan fingerprint density at radius 2 is 1.04 bits per heavy atom. The molecule has 2 aromatic carbocycles. The Labute approximate surface area is 156 Å². The van der Waals surface area contributed by atoms with Gasteiger partial charge in [0.1, 0.15) is 0 Å². The van der Waals surface area contributed by atoms with Crippen molar-refractivity contribution in [2.45, 2.75) is 52.9 Å². The normalized spacial score (nSPS) is 9.19. The second kappa shape index (κ2) is 14.7. The Morgan fingerprint density at radius 1 is 0.692 bits per heavy atom. The largest absolute Gasteiger partial charge is 0.478 e. The second-order valence-electron chi connectivity index (χ2n) is 5.80. The van der Waals surface area contributed by atoms with E-state index in [1.165, 1.54) is 57.2 Å². The van der Waals surface area contributed by atoms with Gasteiger partial charge in [0.05, 0.1) is 11.1 Å². The van der Waals surface area contributed by atoms with Gasteiger partial charge in [-0.05, 0) is 24.6 Å². The highest BCUT2D eigenvalue weighted by atomic mass is 16.4. The number of carboxylic acids is 2. The molecule has 4 heteroatoms. The number of carboxylic acid groups (broad SMARTS) is 2. The van der Waals surface area contributed by atoms with E-state index in [2.05, 4.69) is 13.8 Å². The van der Waals surface area contributed by atoms with Gasteiger partial charge in [0, 0.05) is 0 Å². The third kappa shape index (κ3) is 10.3. The van der Waals surface area contributed by atoms with Crippen LogP contribution in [-0.2, 0) is 0 Å². The van der Waals surface area contributed by atoms with Gasteiger partial charge in [-0.3, -0.25) is 0 Å². The molecule has 4 nitrogen and oxygen atoms in total. The summed E-state index contributed by atoms with van der Waals surface area (Å²) < 4.78 is 0. The smallest absolute Gasteiger partial charge is 0.335 e. The van der Waals surface area contributed by atoms with Crippen molar-refractivity contribution in [3.05, 3.63) is 71.3 Å². The summed E-state index contributed by atoms with van der Waals surface area (Å²) in [5.41, 5.74) is 0.335. The van der Waals surface area contributed by atoms with Crippen molar-refractivity contribution in [3.63, 3.8) is 0 Å². The third-order valence-corrected chi connectivity index (χ3v) is 3.67. The zero-order valence-electron chi connectivity index (χ0n) is 15.9. The number of unbranched alkanes of at least 4 members (excludes halogenated alkanes) is 4. The van der Waals surface area contributed by atoms with Gasteiger partial charge in [-0.15, -0.1) is 0 Å². The summed E-state index contributed by atoms with van der Waals surface area (Å²) in [6.45, 7) is 5.97. The van der Waals surface area contributed by atoms with Crippen molar-refractivity contribution < 1.29 is 19.8 Å². The number of hydrogen-bond acceptors (Lipinski definition) is 2. The van der Waals surface area contributed by atoms with Gasteiger partial charge in [-0.1, -0.05) is 88.4 Å². The highest BCUT2D eigenvalue weighted by Crippen LogP contribution is 2.13. The van der Waals surface area contributed by atoms with E-state index >= 15 is 0 Å². The molecule has 26 heavy (non-hydrogen) atoms. The van der Waals surface area contributed by atoms with Crippen LogP contribution in [0.3, 0.4) is 0 Å². The molecule has 0 saturated carbocycles. The molecule has 0 radical (unpaired) electrons. The first-order valence-corrected chi connectivity index (χ1v) is 9.01. The van der Waals surface area contributed by atoms with Crippen LogP contribution in [0, 0.1) is 6.92 Å². The minimum Gasteiger partial charge on any atom is -0.478 e. The zero-order valence-corrected chi connectivity index (χ0v) is 15.9. The average molecular weight is 358 g/mol. The Bertz CT molecular complexity index is 573. The van der Waals surface area contributed by atoms with Crippen LogP contribution in [-0.4, -0.2) is 22.2 Å². The Hall–Kier alpha value is -2.62. The number of hydrogen-bond donors (Lipinski definition) is 2. The van der Waals surface area contributed by atoms with Gasteiger partial charge in [-0.25, -0.2) is 9.59 Å². The number of aromatic carboxylic acids is 2. The summed E-state index contributed by atoms with van der Waals surface area (Å²) in [4.78, 5) is 21.2. The maximum atomic E-state index is 10.6. The number of carbonyl (C=O) groups is 2. The highest BCUT2D eigenvalue weighted by molar-refractivity contribution is 5.96. The molecule has 0 aromatic heterocycles. The molecule has 0 fully saturated rings. The van der Waals surface area contributed by atoms with Crippen molar-refractivity contribution in [2.75, 3.05) is 0 Å². The van der Waals surface area contributed by atoms with Crippen molar-refractivity contribution in [2.24, 2.45) is 0 Å². The Balaban J connectivity index is 0.000000404. The zero-order chi connectivity index (χ0) is 19.8. The minimum atomic E-state index is -1.11. The maximum Gasteiger partial charge on any atom is 0.335 e. The molecule has 0 spiro atoms. The summed E-state index contributed by atoms with van der Waals surface area (Å²) >= 11 is 0. The molecule has 0 bridgehead atoms. The van der Waals surface area contributed by atoms with Crippen molar-refractivity contribution in [1.29, 1.82) is 0 Å². The molecular weight excluding hydrogens is 328 g/mol. The van der Waals surface area contributed by atoms with Crippen LogP contribution in [0.25, 0.3) is 0 Å². The first-order chi connectivity index (χ1) is 12.5. The molecule has 0 unspecified atom stereocenters. The molecule has 0 aliphatic heterocycles. The molecule has 142 valence electrons. The summed E-state index contributed by atoms with van der Waals surface area (Å²) in [6.07, 6.45) is 7.01. The monoisotopic (exact) mass is 358 g/mol. The fourth-order valence-corrected chi connectivity index (χ4v) is 2.16. The van der Waals surface area contributed by atoms with Crippen LogP contribution in [0.2, 0.25) is 0 Å². The van der Waals surface area contributed by atoms with Gasteiger partial charge in [0.25, 0.3) is 0 Å². The van der Waals surface area contributed by atoms with Gasteiger partial charge in [-0.2, -0.15) is 0 Å². The van der Waals surface area contributed by atoms with E-state index in [1.54, 1.807) is 0 Å². The third-order valence-electron chi connectivity index (χ3n) is 3.67. The molecule has 0 aliphatic carbocycles. The Kier molecular flexibility index (Phi) is 13.2. The SMILES string of the molecule is CCCCCCC.Cc1c(C(=O)O)cccc1C(=O)O.c1ccccc1. The van der Waals surface area contributed by atoms with E-state index < -0.39 is 11.9 Å². The molecule has 0 amide bonds. The fourth-order valence-electron chi connectivity index (χ4n) is 2.16. The van der Waals surface area contributed by atoms with Crippen molar-refractivity contribution in [1.82, 2.24) is 0 Å². The lowest BCUT2D eigenvalue weighted by Crippen LogP contribution is -2.06. The first kappa shape index (κ1) is 23.4. The molecular formula is C22H30O4. The summed E-state index contributed by atoms with van der Waals surface area (Å²) in [5.74, 6) is -2.22. The molecule has 0 aliphatic rings. The van der Waals surface area contributed by atoms with Crippen LogP contribution in [0.1, 0.15) is 72.2 Å². The van der Waals surface area contributed by atoms with E-state index in [9.17, 15) is 9.59 Å². The van der Waals surface area contributed by atoms with E-state index in [0.29, 0.717) is 0 Å². The lowest BCUT2D eigenvalue weighted by Gasteiger charge is -2.03. The van der Waals surface area contributed by atoms with E-state index in [1.807, 2.05) is 36.4 Å². The predicted molar refractivity (Wildman–Crippen MR) is 106 cm³/mol. The first-order valence-electron chi connectivity index (χ1n) is 9.01.